The van der Waals surface area contributed by atoms with Gasteiger partial charge in [-0.1, -0.05) is 12.6 Å². The molecule has 4 aliphatic heterocycles. The highest BCUT2D eigenvalue weighted by molar-refractivity contribution is 7.90. The van der Waals surface area contributed by atoms with Crippen LogP contribution in [-0.2, 0) is 20.8 Å². The zero-order valence-electron chi connectivity index (χ0n) is 32.9. The van der Waals surface area contributed by atoms with Crippen molar-refractivity contribution in [1.82, 2.24) is 34.7 Å². The van der Waals surface area contributed by atoms with E-state index in [-0.39, 0.29) is 48.1 Å². The Kier molecular flexibility index (Phi) is 11.1. The Morgan fingerprint density at radius 2 is 1.75 bits per heavy atom. The number of hydrogen-bond donors (Lipinski definition) is 1. The second kappa shape index (κ2) is 16.1. The molecule has 5 atom stereocenters. The molecule has 0 radical (unpaired) electrons. The minimum atomic E-state index is -4.53. The predicted octanol–water partition coefficient (Wildman–Crippen LogP) is 5.04. The van der Waals surface area contributed by atoms with E-state index in [1.165, 1.54) is 18.4 Å². The minimum Gasteiger partial charge on any atom is -0.354 e. The number of carbonyl (C=O) groups excluding carboxylic acids is 1. The van der Waals surface area contributed by atoms with Crippen LogP contribution in [0, 0.1) is 5.92 Å². The maximum absolute atomic E-state index is 15.9. The van der Waals surface area contributed by atoms with Crippen molar-refractivity contribution in [2.24, 2.45) is 5.92 Å². The molecule has 314 valence electrons. The van der Waals surface area contributed by atoms with E-state index in [0.29, 0.717) is 75.6 Å². The lowest BCUT2D eigenvalue weighted by Gasteiger charge is -2.47. The third-order valence-corrected chi connectivity index (χ3v) is 13.1. The molecule has 14 nitrogen and oxygen atoms in total. The molecule has 4 aliphatic rings. The Morgan fingerprint density at radius 1 is 0.949 bits per heavy atom. The van der Waals surface area contributed by atoms with Crippen molar-refractivity contribution >= 4 is 55.7 Å². The number of halogens is 4. The monoisotopic (exact) mass is 837 g/mol. The highest BCUT2D eigenvalue weighted by Gasteiger charge is 2.40. The van der Waals surface area contributed by atoms with Gasteiger partial charge in [0.1, 0.15) is 45.0 Å². The van der Waals surface area contributed by atoms with E-state index in [9.17, 15) is 26.4 Å². The Balaban J connectivity index is 0.967. The molecule has 8 rings (SSSR count). The van der Waals surface area contributed by atoms with E-state index < -0.39 is 27.9 Å². The van der Waals surface area contributed by atoms with Crippen LogP contribution in [-0.4, -0.2) is 132 Å². The van der Waals surface area contributed by atoms with Crippen molar-refractivity contribution < 1.29 is 30.8 Å². The summed E-state index contributed by atoms with van der Waals surface area (Å²) in [6, 6.07) is 6.88. The zero-order valence-corrected chi connectivity index (χ0v) is 33.7. The first-order chi connectivity index (χ1) is 28.2. The van der Waals surface area contributed by atoms with Crippen molar-refractivity contribution in [2.75, 3.05) is 84.4 Å². The van der Waals surface area contributed by atoms with Crippen molar-refractivity contribution in [2.45, 2.75) is 56.7 Å². The summed E-state index contributed by atoms with van der Waals surface area (Å²) in [7, 11) is -3.15. The van der Waals surface area contributed by atoms with Gasteiger partial charge in [-0.05, 0) is 61.9 Å². The van der Waals surface area contributed by atoms with E-state index in [4.69, 9.17) is 15.0 Å². The first-order valence-electron chi connectivity index (χ1n) is 19.8. The maximum atomic E-state index is 15.9. The number of rotatable bonds is 10. The number of fused-ring (bicyclic) bond motifs is 1. The third kappa shape index (κ3) is 8.49. The molecule has 0 aromatic carbocycles. The molecule has 59 heavy (non-hydrogen) atoms. The second-order valence-electron chi connectivity index (χ2n) is 15.9. The Labute approximate surface area is 340 Å². The van der Waals surface area contributed by atoms with Crippen molar-refractivity contribution in [3.63, 3.8) is 0 Å². The van der Waals surface area contributed by atoms with Crippen LogP contribution in [0.2, 0.25) is 0 Å². The number of sulfone groups is 1. The Bertz CT molecular complexity index is 2330. The lowest BCUT2D eigenvalue weighted by atomic mass is 9.90. The molecule has 0 bridgehead atoms. The number of hydrogen-bond acceptors (Lipinski definition) is 13. The van der Waals surface area contributed by atoms with Gasteiger partial charge in [0, 0.05) is 99.6 Å². The Hall–Kier alpha value is -5.17. The zero-order chi connectivity index (χ0) is 41.6. The van der Waals surface area contributed by atoms with E-state index in [1.807, 2.05) is 24.1 Å². The highest BCUT2D eigenvalue weighted by atomic mass is 32.2. The molecule has 0 saturated carbocycles. The molecule has 1 N–H and O–H groups in total. The lowest BCUT2D eigenvalue weighted by molar-refractivity contribution is -0.141. The number of piperazine rings is 1. The van der Waals surface area contributed by atoms with Gasteiger partial charge in [-0.15, -0.1) is 0 Å². The van der Waals surface area contributed by atoms with E-state index in [1.54, 1.807) is 34.3 Å². The van der Waals surface area contributed by atoms with Crippen LogP contribution in [0.3, 0.4) is 0 Å². The number of likely N-dealkylation sites (tertiary alicyclic amines) is 1. The van der Waals surface area contributed by atoms with Crippen LogP contribution in [0.5, 0.6) is 0 Å². The topological polar surface area (TPSA) is 144 Å². The molecule has 4 aromatic rings. The van der Waals surface area contributed by atoms with Crippen LogP contribution in [0.1, 0.15) is 43.5 Å². The largest absolute Gasteiger partial charge is 0.433 e. The quantitative estimate of drug-likeness (QED) is 0.169. The minimum absolute atomic E-state index is 0.0221. The standard InChI is InChI=1S/C40H47F4N11O3S/c1-4-37(56)54-13-6-7-31(54)28-20-47-38(55-22-26(25(55)2)24-59(3,57)58)29-21-46-35(19-27(28)29)49-34-10-12-45-39(50-34)53-14-11-32(30(41)23-53)51-15-17-52(18-16-51)36-9-5-8-33(48-36)40(42,43)44/h4-5,8-10,12,19-21,25-26,30-32H,1,6-7,11,13-18,22-24H2,2-3H3,(H,45,46,49,50)/t25-,26-,30+,31?,32-/m1/s1. The van der Waals surface area contributed by atoms with Gasteiger partial charge < -0.3 is 24.9 Å². The molecule has 4 aromatic heterocycles. The van der Waals surface area contributed by atoms with Gasteiger partial charge in [-0.2, -0.15) is 18.2 Å². The number of nitrogens with one attached hydrogen (secondary N) is 1. The van der Waals surface area contributed by atoms with Crippen LogP contribution < -0.4 is 20.0 Å². The number of piperidine rings is 1. The molecule has 1 amide bonds. The molecule has 1 unspecified atom stereocenters. The van der Waals surface area contributed by atoms with Gasteiger partial charge in [0.05, 0.1) is 18.3 Å². The molecular weight excluding hydrogens is 791 g/mol. The maximum Gasteiger partial charge on any atom is 0.433 e. The van der Waals surface area contributed by atoms with Crippen LogP contribution >= 0.6 is 0 Å². The van der Waals surface area contributed by atoms with Gasteiger partial charge in [-0.25, -0.2) is 32.7 Å². The van der Waals surface area contributed by atoms with Gasteiger partial charge in [0.15, 0.2) is 0 Å². The molecule has 4 saturated heterocycles. The first-order valence-corrected chi connectivity index (χ1v) is 21.9. The normalized spacial score (nSPS) is 24.3. The van der Waals surface area contributed by atoms with E-state index in [2.05, 4.69) is 31.7 Å². The van der Waals surface area contributed by atoms with Gasteiger partial charge in [0.2, 0.25) is 11.9 Å². The van der Waals surface area contributed by atoms with Gasteiger partial charge >= 0.3 is 6.18 Å². The summed E-state index contributed by atoms with van der Waals surface area (Å²) >= 11 is 0. The van der Waals surface area contributed by atoms with Gasteiger partial charge in [-0.3, -0.25) is 9.69 Å². The van der Waals surface area contributed by atoms with E-state index >= 15 is 4.39 Å². The number of anilines is 5. The summed E-state index contributed by atoms with van der Waals surface area (Å²) in [6.07, 6.45) is 4.12. The average molecular weight is 838 g/mol. The van der Waals surface area contributed by atoms with Crippen LogP contribution in [0.15, 0.2) is 61.6 Å². The Morgan fingerprint density at radius 3 is 2.46 bits per heavy atom. The summed E-state index contributed by atoms with van der Waals surface area (Å²) in [5.41, 5.74) is -0.0590. The fraction of sp³-hybridized carbons (Fsp3) is 0.500. The molecule has 19 heteroatoms. The van der Waals surface area contributed by atoms with Crippen molar-refractivity contribution in [1.29, 1.82) is 0 Å². The number of alkyl halides is 4. The molecular formula is C40H47F4N11O3S. The van der Waals surface area contributed by atoms with Crippen LogP contribution in [0.25, 0.3) is 10.8 Å². The predicted molar refractivity (Wildman–Crippen MR) is 217 cm³/mol. The summed E-state index contributed by atoms with van der Waals surface area (Å²) in [5.74, 6) is 2.20. The smallest absolute Gasteiger partial charge is 0.354 e. The summed E-state index contributed by atoms with van der Waals surface area (Å²) < 4.78 is 79.7. The highest BCUT2D eigenvalue weighted by Crippen LogP contribution is 2.41. The van der Waals surface area contributed by atoms with Gasteiger partial charge in [0.25, 0.3) is 0 Å². The van der Waals surface area contributed by atoms with E-state index in [0.717, 1.165) is 35.2 Å². The number of pyridine rings is 3. The summed E-state index contributed by atoms with van der Waals surface area (Å²) in [5, 5.41) is 4.93. The SMILES string of the molecule is C=CC(=O)N1CCCC1c1cnc(N2C[C@H](CS(C)(=O)=O)[C@H]2C)c2cnc(Nc3ccnc(N4CC[C@@H](N5CCN(c6cccc(C(F)(F)F)n6)CC5)[C@@H](F)C4)n3)cc12. The fourth-order valence-corrected chi connectivity index (χ4v) is 10.1. The first kappa shape index (κ1) is 40.6. The summed E-state index contributed by atoms with van der Waals surface area (Å²) in [4.78, 5) is 45.1. The van der Waals surface area contributed by atoms with Crippen LogP contribution in [0.4, 0.5) is 46.8 Å². The molecule has 4 fully saturated rings. The van der Waals surface area contributed by atoms with Crippen molar-refractivity contribution in [3.05, 3.63) is 72.8 Å². The number of carbonyl (C=O) groups is 1. The second-order valence-corrected chi connectivity index (χ2v) is 18.1. The molecule has 8 heterocycles. The third-order valence-electron chi connectivity index (χ3n) is 12.1. The average Bonchev–Trinajstić information content (AvgIpc) is 3.71. The fourth-order valence-electron chi connectivity index (χ4n) is 8.95. The summed E-state index contributed by atoms with van der Waals surface area (Å²) in [6.45, 7) is 9.31. The number of amides is 1. The molecule has 0 aliphatic carbocycles. The van der Waals surface area contributed by atoms with Crippen molar-refractivity contribution in [3.8, 4) is 0 Å². The number of nitrogens with zero attached hydrogens (tertiary/aromatic N) is 10. The molecule has 0 spiro atoms. The lowest BCUT2D eigenvalue weighted by Crippen LogP contribution is -2.58. The number of aromatic nitrogens is 5.